The molecular formula is C25H35N5O. The van der Waals surface area contributed by atoms with Crippen LogP contribution in [0.1, 0.15) is 55.3 Å². The topological polar surface area (TPSA) is 61.4 Å². The van der Waals surface area contributed by atoms with E-state index in [4.69, 9.17) is 4.98 Å². The maximum absolute atomic E-state index is 12.7. The van der Waals surface area contributed by atoms with Gasteiger partial charge in [0.2, 0.25) is 11.9 Å². The Kier molecular flexibility index (Phi) is 7.05. The van der Waals surface area contributed by atoms with E-state index in [1.54, 1.807) is 0 Å². The lowest BCUT2D eigenvalue weighted by molar-refractivity contribution is -0.131. The van der Waals surface area contributed by atoms with Crippen molar-refractivity contribution in [2.24, 2.45) is 0 Å². The van der Waals surface area contributed by atoms with Crippen molar-refractivity contribution < 1.29 is 4.79 Å². The van der Waals surface area contributed by atoms with Crippen LogP contribution in [-0.2, 0) is 11.2 Å². The van der Waals surface area contributed by atoms with Crippen molar-refractivity contribution in [3.8, 4) is 0 Å². The van der Waals surface area contributed by atoms with Crippen molar-refractivity contribution in [3.05, 3.63) is 47.2 Å². The van der Waals surface area contributed by atoms with Gasteiger partial charge in [0.15, 0.2) is 0 Å². The lowest BCUT2D eigenvalue weighted by Crippen LogP contribution is -2.49. The molecule has 1 amide bonds. The smallest absolute Gasteiger partial charge is 0.225 e. The average Bonchev–Trinajstić information content (AvgIpc) is 2.78. The summed E-state index contributed by atoms with van der Waals surface area (Å²) in [4.78, 5) is 26.4. The van der Waals surface area contributed by atoms with Crippen LogP contribution in [0.5, 0.6) is 0 Å². The highest BCUT2D eigenvalue weighted by Gasteiger charge is 2.23. The van der Waals surface area contributed by atoms with Gasteiger partial charge in [0, 0.05) is 50.4 Å². The molecule has 1 aromatic heterocycles. The summed E-state index contributed by atoms with van der Waals surface area (Å²) in [5.74, 6) is 1.97. The minimum Gasteiger partial charge on any atom is -0.353 e. The Labute approximate surface area is 186 Å². The Morgan fingerprint density at radius 2 is 1.81 bits per heavy atom. The average molecular weight is 422 g/mol. The van der Waals surface area contributed by atoms with Crippen LogP contribution in [0.4, 0.5) is 11.8 Å². The quantitative estimate of drug-likeness (QED) is 0.760. The summed E-state index contributed by atoms with van der Waals surface area (Å²) < 4.78 is 0. The first-order chi connectivity index (χ1) is 15.1. The molecule has 6 heteroatoms. The maximum atomic E-state index is 12.7. The molecule has 1 saturated heterocycles. The van der Waals surface area contributed by atoms with Gasteiger partial charge in [-0.25, -0.2) is 4.98 Å². The summed E-state index contributed by atoms with van der Waals surface area (Å²) in [6, 6.07) is 11.0. The van der Waals surface area contributed by atoms with Crippen LogP contribution < -0.4 is 10.2 Å². The molecule has 2 heterocycles. The minimum absolute atomic E-state index is 0.250. The summed E-state index contributed by atoms with van der Waals surface area (Å²) >= 11 is 0. The number of nitrogens with one attached hydrogen (secondary N) is 1. The van der Waals surface area contributed by atoms with E-state index < -0.39 is 0 Å². The van der Waals surface area contributed by atoms with Crippen LogP contribution >= 0.6 is 0 Å². The van der Waals surface area contributed by atoms with Gasteiger partial charge in [-0.3, -0.25) is 4.79 Å². The Balaban J connectivity index is 1.30. The minimum atomic E-state index is 0.250. The first-order valence-electron chi connectivity index (χ1n) is 11.8. The number of rotatable bonds is 6. The van der Waals surface area contributed by atoms with Crippen molar-refractivity contribution in [2.75, 3.05) is 36.4 Å². The standard InChI is InChI=1S/C25H35N5O/c1-19-7-6-8-21(17-19)11-12-24(31)30-15-13-29(14-16-30)23-18-20(2)26-25(28-23)27-22-9-4-3-5-10-22/h6-8,17-18,22H,3-5,9-16H2,1-2H3,(H,26,27,28). The lowest BCUT2D eigenvalue weighted by atomic mass is 9.96. The fraction of sp³-hybridized carbons (Fsp3) is 0.560. The van der Waals surface area contributed by atoms with Crippen LogP contribution in [-0.4, -0.2) is 53.0 Å². The van der Waals surface area contributed by atoms with Crippen LogP contribution in [0.25, 0.3) is 0 Å². The van der Waals surface area contributed by atoms with Crippen molar-refractivity contribution in [1.82, 2.24) is 14.9 Å². The molecule has 4 rings (SSSR count). The van der Waals surface area contributed by atoms with Crippen molar-refractivity contribution >= 4 is 17.7 Å². The monoisotopic (exact) mass is 421 g/mol. The van der Waals surface area contributed by atoms with E-state index in [0.29, 0.717) is 12.5 Å². The number of aromatic nitrogens is 2. The van der Waals surface area contributed by atoms with E-state index in [1.807, 2.05) is 11.8 Å². The highest BCUT2D eigenvalue weighted by atomic mass is 16.2. The third kappa shape index (κ3) is 5.96. The number of carbonyl (C=O) groups is 1. The molecule has 1 saturated carbocycles. The molecule has 1 N–H and O–H groups in total. The first-order valence-corrected chi connectivity index (χ1v) is 11.8. The molecule has 0 bridgehead atoms. The van der Waals surface area contributed by atoms with Gasteiger partial charge in [-0.1, -0.05) is 49.1 Å². The number of nitrogens with zero attached hydrogens (tertiary/aromatic N) is 4. The van der Waals surface area contributed by atoms with E-state index in [1.165, 1.54) is 43.2 Å². The second-order valence-corrected chi connectivity index (χ2v) is 9.03. The normalized spacial score (nSPS) is 17.6. The second kappa shape index (κ2) is 10.1. The zero-order valence-electron chi connectivity index (χ0n) is 18.9. The Bertz CT molecular complexity index is 885. The Morgan fingerprint density at radius 3 is 2.55 bits per heavy atom. The van der Waals surface area contributed by atoms with Gasteiger partial charge >= 0.3 is 0 Å². The largest absolute Gasteiger partial charge is 0.353 e. The molecule has 1 aromatic carbocycles. The number of aryl methyl sites for hydroxylation is 3. The SMILES string of the molecule is Cc1cccc(CCC(=O)N2CCN(c3cc(C)nc(NC4CCCCC4)n3)CC2)c1. The summed E-state index contributed by atoms with van der Waals surface area (Å²) in [6.07, 6.45) is 7.71. The third-order valence-electron chi connectivity index (χ3n) is 6.45. The number of carbonyl (C=O) groups excluding carboxylic acids is 1. The predicted octanol–water partition coefficient (Wildman–Crippen LogP) is 4.12. The molecule has 0 radical (unpaired) electrons. The van der Waals surface area contributed by atoms with Gasteiger partial charge in [0.05, 0.1) is 0 Å². The van der Waals surface area contributed by atoms with Gasteiger partial charge in [-0.15, -0.1) is 0 Å². The summed E-state index contributed by atoms with van der Waals surface area (Å²) in [5.41, 5.74) is 3.47. The molecular weight excluding hydrogens is 386 g/mol. The summed E-state index contributed by atoms with van der Waals surface area (Å²) in [7, 11) is 0. The van der Waals surface area contributed by atoms with Gasteiger partial charge in [0.1, 0.15) is 5.82 Å². The number of hydrogen-bond acceptors (Lipinski definition) is 5. The molecule has 2 aliphatic rings. The van der Waals surface area contributed by atoms with E-state index in [9.17, 15) is 4.79 Å². The number of benzene rings is 1. The molecule has 1 aliphatic carbocycles. The number of amides is 1. The number of hydrogen-bond donors (Lipinski definition) is 1. The Morgan fingerprint density at radius 1 is 1.03 bits per heavy atom. The van der Waals surface area contributed by atoms with Gasteiger partial charge in [-0.05, 0) is 38.7 Å². The van der Waals surface area contributed by atoms with Crippen LogP contribution in [0, 0.1) is 13.8 Å². The zero-order chi connectivity index (χ0) is 21.6. The van der Waals surface area contributed by atoms with Crippen LogP contribution in [0.3, 0.4) is 0 Å². The third-order valence-corrected chi connectivity index (χ3v) is 6.45. The zero-order valence-corrected chi connectivity index (χ0v) is 18.9. The van der Waals surface area contributed by atoms with Crippen molar-refractivity contribution in [3.63, 3.8) is 0 Å². The molecule has 0 atom stereocenters. The van der Waals surface area contributed by atoms with E-state index in [2.05, 4.69) is 52.5 Å². The predicted molar refractivity (Wildman–Crippen MR) is 126 cm³/mol. The van der Waals surface area contributed by atoms with Crippen molar-refractivity contribution in [1.29, 1.82) is 0 Å². The number of piperazine rings is 1. The summed E-state index contributed by atoms with van der Waals surface area (Å²) in [6.45, 7) is 7.25. The molecule has 2 aromatic rings. The second-order valence-electron chi connectivity index (χ2n) is 9.03. The molecule has 2 fully saturated rings. The molecule has 6 nitrogen and oxygen atoms in total. The van der Waals surface area contributed by atoms with Gasteiger partial charge in [0.25, 0.3) is 0 Å². The fourth-order valence-corrected chi connectivity index (χ4v) is 4.67. The Hall–Kier alpha value is -2.63. The van der Waals surface area contributed by atoms with E-state index in [0.717, 1.165) is 50.1 Å². The highest BCUT2D eigenvalue weighted by molar-refractivity contribution is 5.76. The fourth-order valence-electron chi connectivity index (χ4n) is 4.67. The molecule has 31 heavy (non-hydrogen) atoms. The first kappa shape index (κ1) is 21.6. The molecule has 0 unspecified atom stereocenters. The van der Waals surface area contributed by atoms with Gasteiger partial charge in [-0.2, -0.15) is 4.98 Å². The number of anilines is 2. The van der Waals surface area contributed by atoms with Crippen LogP contribution in [0.15, 0.2) is 30.3 Å². The molecule has 0 spiro atoms. The summed E-state index contributed by atoms with van der Waals surface area (Å²) in [5, 5.41) is 3.55. The highest BCUT2D eigenvalue weighted by Crippen LogP contribution is 2.22. The maximum Gasteiger partial charge on any atom is 0.225 e. The van der Waals surface area contributed by atoms with E-state index in [-0.39, 0.29) is 5.91 Å². The lowest BCUT2D eigenvalue weighted by Gasteiger charge is -2.35. The van der Waals surface area contributed by atoms with Gasteiger partial charge < -0.3 is 15.1 Å². The van der Waals surface area contributed by atoms with E-state index >= 15 is 0 Å². The molecule has 1 aliphatic heterocycles. The van der Waals surface area contributed by atoms with Crippen molar-refractivity contribution in [2.45, 2.75) is 64.8 Å². The van der Waals surface area contributed by atoms with Crippen LogP contribution in [0.2, 0.25) is 0 Å². The molecule has 166 valence electrons.